The first-order chi connectivity index (χ1) is 8.22. The smallest absolute Gasteiger partial charge is 0.267 e. The molecule has 2 N–H and O–H groups in total. The Morgan fingerprint density at radius 3 is 2.88 bits per heavy atom. The van der Waals surface area contributed by atoms with Gasteiger partial charge in [0.2, 0.25) is 0 Å². The highest BCUT2D eigenvalue weighted by molar-refractivity contribution is 7.12. The van der Waals surface area contributed by atoms with Crippen LogP contribution in [0.15, 0.2) is 29.8 Å². The van der Waals surface area contributed by atoms with Gasteiger partial charge in [0, 0.05) is 11.3 Å². The van der Waals surface area contributed by atoms with E-state index in [2.05, 4.69) is 10.3 Å². The molecule has 2 rings (SSSR count). The number of para-hydroxylation sites is 1. The maximum Gasteiger partial charge on any atom is 0.267 e. The van der Waals surface area contributed by atoms with Crippen LogP contribution < -0.4 is 5.32 Å². The number of anilines is 1. The number of hydrogen-bond acceptors (Lipinski definition) is 4. The molecule has 5 heteroatoms. The number of hydrogen-bond donors (Lipinski definition) is 2. The number of aromatic nitrogens is 1. The molecule has 1 aromatic carbocycles. The maximum absolute atomic E-state index is 11.9. The number of rotatable bonds is 3. The van der Waals surface area contributed by atoms with Crippen molar-refractivity contribution in [1.29, 1.82) is 0 Å². The minimum atomic E-state index is -0.189. The summed E-state index contributed by atoms with van der Waals surface area (Å²) in [7, 11) is 0. The third kappa shape index (κ3) is 2.51. The van der Waals surface area contributed by atoms with Gasteiger partial charge in [-0.05, 0) is 13.0 Å². The molecule has 0 saturated heterocycles. The van der Waals surface area contributed by atoms with Crippen LogP contribution in [0.2, 0.25) is 0 Å². The number of benzene rings is 1. The summed E-state index contributed by atoms with van der Waals surface area (Å²) < 4.78 is 0. The zero-order valence-corrected chi connectivity index (χ0v) is 10.1. The fraction of sp³-hybridized carbons (Fsp3) is 0.167. The molecule has 0 aliphatic heterocycles. The van der Waals surface area contributed by atoms with Gasteiger partial charge in [-0.1, -0.05) is 18.2 Å². The van der Waals surface area contributed by atoms with Crippen LogP contribution in [0.25, 0.3) is 0 Å². The van der Waals surface area contributed by atoms with E-state index in [1.165, 1.54) is 11.3 Å². The van der Waals surface area contributed by atoms with Crippen LogP contribution in [-0.2, 0) is 6.61 Å². The van der Waals surface area contributed by atoms with E-state index in [4.69, 9.17) is 5.11 Å². The molecule has 17 heavy (non-hydrogen) atoms. The molecule has 0 aliphatic rings. The number of carbonyl (C=O) groups is 1. The number of aliphatic hydroxyl groups excluding tert-OH is 1. The van der Waals surface area contributed by atoms with Crippen LogP contribution in [0, 0.1) is 6.92 Å². The lowest BCUT2D eigenvalue weighted by molar-refractivity contribution is 0.102. The lowest BCUT2D eigenvalue weighted by atomic mass is 10.2. The van der Waals surface area contributed by atoms with Crippen molar-refractivity contribution in [2.75, 3.05) is 5.32 Å². The van der Waals surface area contributed by atoms with Crippen molar-refractivity contribution in [2.45, 2.75) is 13.5 Å². The van der Waals surface area contributed by atoms with Crippen molar-refractivity contribution in [3.8, 4) is 0 Å². The average Bonchev–Trinajstić information content (AvgIpc) is 2.76. The normalized spacial score (nSPS) is 10.2. The van der Waals surface area contributed by atoms with Crippen molar-refractivity contribution < 1.29 is 9.90 Å². The molecular formula is C12H12N2O2S. The molecule has 1 amide bonds. The summed E-state index contributed by atoms with van der Waals surface area (Å²) in [6, 6.07) is 7.17. The summed E-state index contributed by atoms with van der Waals surface area (Å²) in [5.41, 5.74) is 3.69. The Morgan fingerprint density at radius 1 is 1.47 bits per heavy atom. The van der Waals surface area contributed by atoms with Crippen molar-refractivity contribution in [3.63, 3.8) is 0 Å². The summed E-state index contributed by atoms with van der Waals surface area (Å²) in [6.07, 6.45) is 0. The molecule has 0 saturated carbocycles. The first-order valence-corrected chi connectivity index (χ1v) is 6.00. The monoisotopic (exact) mass is 248 g/mol. The van der Waals surface area contributed by atoms with Gasteiger partial charge in [0.1, 0.15) is 4.88 Å². The quantitative estimate of drug-likeness (QED) is 0.875. The number of nitrogens with zero attached hydrogens (tertiary/aromatic N) is 1. The Hall–Kier alpha value is -1.72. The van der Waals surface area contributed by atoms with Crippen LogP contribution in [-0.4, -0.2) is 16.0 Å². The summed E-state index contributed by atoms with van der Waals surface area (Å²) in [4.78, 5) is 16.6. The lowest BCUT2D eigenvalue weighted by Gasteiger charge is -2.08. The first kappa shape index (κ1) is 11.8. The second-order valence-electron chi connectivity index (χ2n) is 3.54. The zero-order chi connectivity index (χ0) is 12.3. The predicted molar refractivity (Wildman–Crippen MR) is 67.2 cm³/mol. The topological polar surface area (TPSA) is 62.2 Å². The number of thiazole rings is 1. The van der Waals surface area contributed by atoms with E-state index in [0.29, 0.717) is 21.8 Å². The van der Waals surface area contributed by atoms with Crippen LogP contribution in [0.1, 0.15) is 20.9 Å². The van der Waals surface area contributed by atoms with Gasteiger partial charge in [-0.15, -0.1) is 11.3 Å². The van der Waals surface area contributed by atoms with E-state index in [1.807, 2.05) is 12.1 Å². The fourth-order valence-electron chi connectivity index (χ4n) is 1.48. The molecule has 88 valence electrons. The largest absolute Gasteiger partial charge is 0.392 e. The fourth-order valence-corrected chi connectivity index (χ4v) is 2.18. The van der Waals surface area contributed by atoms with Gasteiger partial charge < -0.3 is 10.4 Å². The number of nitrogens with one attached hydrogen (secondary N) is 1. The lowest BCUT2D eigenvalue weighted by Crippen LogP contribution is -2.13. The summed E-state index contributed by atoms with van der Waals surface area (Å²) in [5, 5.41) is 11.9. The van der Waals surface area contributed by atoms with Crippen molar-refractivity contribution in [2.24, 2.45) is 0 Å². The van der Waals surface area contributed by atoms with Crippen LogP contribution in [0.5, 0.6) is 0 Å². The molecule has 0 atom stereocenters. The Morgan fingerprint density at radius 2 is 2.24 bits per heavy atom. The summed E-state index contributed by atoms with van der Waals surface area (Å²) >= 11 is 1.30. The molecular weight excluding hydrogens is 236 g/mol. The highest BCUT2D eigenvalue weighted by Crippen LogP contribution is 2.18. The predicted octanol–water partition coefficient (Wildman–Crippen LogP) is 2.20. The SMILES string of the molecule is Cc1ncsc1C(=O)Nc1ccccc1CO. The minimum Gasteiger partial charge on any atom is -0.392 e. The number of aliphatic hydroxyl groups is 1. The molecule has 0 bridgehead atoms. The molecule has 0 radical (unpaired) electrons. The van der Waals surface area contributed by atoms with Crippen LogP contribution >= 0.6 is 11.3 Å². The molecule has 1 aromatic heterocycles. The van der Waals surface area contributed by atoms with E-state index in [0.717, 1.165) is 0 Å². The molecule has 1 heterocycles. The summed E-state index contributed by atoms with van der Waals surface area (Å²) in [5.74, 6) is -0.189. The highest BCUT2D eigenvalue weighted by atomic mass is 32.1. The standard InChI is InChI=1S/C12H12N2O2S/c1-8-11(17-7-13-8)12(16)14-10-5-3-2-4-9(10)6-15/h2-5,7,15H,6H2,1H3,(H,14,16). The van der Waals surface area contributed by atoms with E-state index < -0.39 is 0 Å². The van der Waals surface area contributed by atoms with Crippen molar-refractivity contribution in [3.05, 3.63) is 45.9 Å². The minimum absolute atomic E-state index is 0.0991. The summed E-state index contributed by atoms with van der Waals surface area (Å²) in [6.45, 7) is 1.70. The Balaban J connectivity index is 2.22. The molecule has 0 unspecified atom stereocenters. The van der Waals surface area contributed by atoms with Gasteiger partial charge in [-0.3, -0.25) is 4.79 Å². The van der Waals surface area contributed by atoms with Crippen LogP contribution in [0.4, 0.5) is 5.69 Å². The highest BCUT2D eigenvalue weighted by Gasteiger charge is 2.12. The van der Waals surface area contributed by atoms with E-state index >= 15 is 0 Å². The van der Waals surface area contributed by atoms with E-state index in [1.54, 1.807) is 24.6 Å². The van der Waals surface area contributed by atoms with Crippen molar-refractivity contribution >= 4 is 22.9 Å². The Kier molecular flexibility index (Phi) is 3.51. The third-order valence-electron chi connectivity index (χ3n) is 2.39. The first-order valence-electron chi connectivity index (χ1n) is 5.12. The van der Waals surface area contributed by atoms with Gasteiger partial charge in [0.15, 0.2) is 0 Å². The maximum atomic E-state index is 11.9. The van der Waals surface area contributed by atoms with E-state index in [-0.39, 0.29) is 12.5 Å². The van der Waals surface area contributed by atoms with Gasteiger partial charge in [0.05, 0.1) is 17.8 Å². The Bertz CT molecular complexity index is 537. The second kappa shape index (κ2) is 5.07. The number of amides is 1. The van der Waals surface area contributed by atoms with Gasteiger partial charge in [-0.2, -0.15) is 0 Å². The molecule has 2 aromatic rings. The number of carbonyl (C=O) groups excluding carboxylic acids is 1. The Labute approximate surface area is 103 Å². The molecule has 0 fully saturated rings. The number of aryl methyl sites for hydroxylation is 1. The van der Waals surface area contributed by atoms with E-state index in [9.17, 15) is 4.79 Å². The molecule has 0 aliphatic carbocycles. The zero-order valence-electron chi connectivity index (χ0n) is 9.30. The van der Waals surface area contributed by atoms with Gasteiger partial charge >= 0.3 is 0 Å². The van der Waals surface area contributed by atoms with Crippen molar-refractivity contribution in [1.82, 2.24) is 4.98 Å². The van der Waals surface area contributed by atoms with Gasteiger partial charge in [-0.25, -0.2) is 4.98 Å². The average molecular weight is 248 g/mol. The second-order valence-corrected chi connectivity index (χ2v) is 4.39. The third-order valence-corrected chi connectivity index (χ3v) is 3.31. The molecule has 4 nitrogen and oxygen atoms in total. The van der Waals surface area contributed by atoms with Gasteiger partial charge in [0.25, 0.3) is 5.91 Å². The van der Waals surface area contributed by atoms with Crippen LogP contribution in [0.3, 0.4) is 0 Å². The molecule has 0 spiro atoms.